The molecule has 0 rings (SSSR count). The molecule has 0 fully saturated rings. The van der Waals surface area contributed by atoms with Gasteiger partial charge in [0.1, 0.15) is 6.61 Å². The van der Waals surface area contributed by atoms with Gasteiger partial charge < -0.3 is 23.8 Å². The van der Waals surface area contributed by atoms with Crippen LogP contribution in [0.3, 0.4) is 0 Å². The average molecular weight is 685 g/mol. The van der Waals surface area contributed by atoms with Gasteiger partial charge in [-0.05, 0) is 51.4 Å². The summed E-state index contributed by atoms with van der Waals surface area (Å²) in [5, 5.41) is 9.57. The number of quaternary nitrogens is 1. The van der Waals surface area contributed by atoms with Crippen LogP contribution in [0.1, 0.15) is 104 Å². The Morgan fingerprint density at radius 1 is 0.633 bits per heavy atom. The number of aliphatic carboxylic acids is 1. The van der Waals surface area contributed by atoms with Crippen molar-refractivity contribution in [3.63, 3.8) is 0 Å². The van der Waals surface area contributed by atoms with E-state index in [4.69, 9.17) is 14.2 Å². The summed E-state index contributed by atoms with van der Waals surface area (Å²) in [6.07, 6.45) is 39.3. The van der Waals surface area contributed by atoms with Crippen LogP contribution in [0.4, 0.5) is 0 Å². The molecule has 0 aliphatic heterocycles. The van der Waals surface area contributed by atoms with Crippen molar-refractivity contribution in [3.8, 4) is 0 Å². The number of esters is 2. The van der Waals surface area contributed by atoms with Gasteiger partial charge >= 0.3 is 17.9 Å². The number of ether oxygens (including phenoxy) is 3. The number of rotatable bonds is 30. The molecule has 0 aliphatic carbocycles. The molecule has 0 heterocycles. The first-order chi connectivity index (χ1) is 23.6. The number of likely N-dealkylation sites (N-methyl/N-ethyl adjacent to an activating group) is 1. The fourth-order valence-electron chi connectivity index (χ4n) is 4.63. The Labute approximate surface area is 297 Å². The van der Waals surface area contributed by atoms with Crippen LogP contribution in [0.2, 0.25) is 0 Å². The minimum Gasteiger partial charge on any atom is -0.477 e. The minimum atomic E-state index is -0.895. The van der Waals surface area contributed by atoms with Gasteiger partial charge in [-0.25, -0.2) is 4.79 Å². The molecule has 0 spiro atoms. The van der Waals surface area contributed by atoms with Crippen LogP contribution >= 0.6 is 0 Å². The molecule has 276 valence electrons. The smallest absolute Gasteiger partial charge is 0.362 e. The highest BCUT2D eigenvalue weighted by Crippen LogP contribution is 2.11. The Kier molecular flexibility index (Phi) is 29.5. The zero-order chi connectivity index (χ0) is 36.4. The SMILES string of the molecule is CC/C=C/C=C/C=C/C=C/C=C/CCCC(=O)OC(COCCC(C(=O)O)[N+](C)(C)C)COC(=O)CCCCCCC/C=C/C/C=C/CC. The largest absolute Gasteiger partial charge is 0.477 e. The summed E-state index contributed by atoms with van der Waals surface area (Å²) >= 11 is 0. The lowest BCUT2D eigenvalue weighted by Gasteiger charge is -2.31. The Hall–Kier alpha value is -3.49. The summed E-state index contributed by atoms with van der Waals surface area (Å²) < 4.78 is 17.1. The van der Waals surface area contributed by atoms with Gasteiger partial charge in [0.15, 0.2) is 12.1 Å². The molecule has 0 aromatic heterocycles. The fourth-order valence-corrected chi connectivity index (χ4v) is 4.63. The van der Waals surface area contributed by atoms with Crippen molar-refractivity contribution >= 4 is 17.9 Å². The van der Waals surface area contributed by atoms with Gasteiger partial charge in [0.2, 0.25) is 0 Å². The average Bonchev–Trinajstić information content (AvgIpc) is 3.05. The number of unbranched alkanes of at least 4 members (excludes halogenated alkanes) is 6. The second-order valence-corrected chi connectivity index (χ2v) is 12.8. The highest BCUT2D eigenvalue weighted by molar-refractivity contribution is 5.72. The Balaban J connectivity index is 4.63. The monoisotopic (exact) mass is 684 g/mol. The molecular formula is C41H66NO7+. The maximum atomic E-state index is 12.6. The van der Waals surface area contributed by atoms with Gasteiger partial charge in [-0.1, -0.05) is 118 Å². The van der Waals surface area contributed by atoms with Crippen LogP contribution in [-0.2, 0) is 28.6 Å². The van der Waals surface area contributed by atoms with E-state index in [1.807, 2.05) is 75.8 Å². The summed E-state index contributed by atoms with van der Waals surface area (Å²) in [7, 11) is 5.47. The Morgan fingerprint density at radius 3 is 1.86 bits per heavy atom. The molecule has 0 aliphatic rings. The highest BCUT2D eigenvalue weighted by Gasteiger charge is 2.31. The minimum absolute atomic E-state index is 0.0220. The lowest BCUT2D eigenvalue weighted by Crippen LogP contribution is -2.50. The third-order valence-electron chi connectivity index (χ3n) is 7.42. The molecule has 49 heavy (non-hydrogen) atoms. The van der Waals surface area contributed by atoms with Crippen molar-refractivity contribution < 1.29 is 38.2 Å². The number of allylic oxidation sites excluding steroid dienone is 14. The fraction of sp³-hybridized carbons (Fsp3) is 0.585. The number of carboxylic acids is 1. The first-order valence-electron chi connectivity index (χ1n) is 18.2. The number of hydrogen-bond donors (Lipinski definition) is 1. The first kappa shape index (κ1) is 45.5. The predicted octanol–water partition coefficient (Wildman–Crippen LogP) is 9.01. The quantitative estimate of drug-likeness (QED) is 0.0265. The lowest BCUT2D eigenvalue weighted by atomic mass is 10.1. The molecule has 0 aromatic rings. The third-order valence-corrected chi connectivity index (χ3v) is 7.42. The van der Waals surface area contributed by atoms with E-state index in [1.165, 1.54) is 0 Å². The molecule has 2 atom stereocenters. The molecule has 8 heteroatoms. The van der Waals surface area contributed by atoms with Crippen LogP contribution in [0.5, 0.6) is 0 Å². The molecule has 0 amide bonds. The predicted molar refractivity (Wildman–Crippen MR) is 201 cm³/mol. The lowest BCUT2D eigenvalue weighted by molar-refractivity contribution is -0.887. The second kappa shape index (κ2) is 31.8. The number of carbonyl (C=O) groups excluding carboxylic acids is 2. The molecule has 0 aromatic carbocycles. The zero-order valence-corrected chi connectivity index (χ0v) is 31.1. The molecule has 0 saturated carbocycles. The number of hydrogen-bond acceptors (Lipinski definition) is 6. The molecular weight excluding hydrogens is 618 g/mol. The van der Waals surface area contributed by atoms with Crippen molar-refractivity contribution in [2.24, 2.45) is 0 Å². The molecule has 1 N–H and O–H groups in total. The number of nitrogens with zero attached hydrogens (tertiary/aromatic N) is 1. The highest BCUT2D eigenvalue weighted by atomic mass is 16.6. The summed E-state index contributed by atoms with van der Waals surface area (Å²) in [5.74, 6) is -1.60. The Bertz CT molecular complexity index is 1080. The molecule has 0 saturated heterocycles. The van der Waals surface area contributed by atoms with Gasteiger partial charge in [-0.3, -0.25) is 9.59 Å². The van der Waals surface area contributed by atoms with E-state index in [-0.39, 0.29) is 42.7 Å². The van der Waals surface area contributed by atoms with Gasteiger partial charge in [-0.2, -0.15) is 0 Å². The summed E-state index contributed by atoms with van der Waals surface area (Å²) in [6.45, 7) is 4.34. The Morgan fingerprint density at radius 2 is 1.20 bits per heavy atom. The maximum Gasteiger partial charge on any atom is 0.362 e. The van der Waals surface area contributed by atoms with E-state index in [1.54, 1.807) is 0 Å². The number of carboxylic acid groups (broad SMARTS) is 1. The zero-order valence-electron chi connectivity index (χ0n) is 31.1. The van der Waals surface area contributed by atoms with Crippen LogP contribution < -0.4 is 0 Å². The molecule has 2 unspecified atom stereocenters. The first-order valence-corrected chi connectivity index (χ1v) is 18.2. The van der Waals surface area contributed by atoms with E-state index in [0.29, 0.717) is 19.3 Å². The standard InChI is InChI=1S/C41H65NO7/c1-6-8-10-12-14-16-18-20-22-24-26-28-30-32-40(44)49-37(35-47-34-33-38(41(45)46)42(3,4)5)36-48-39(43)31-29-27-25-23-21-19-17-15-13-11-9-7-2/h8-12,14-18,20,22,24,26,37-38H,6-7,13,19,21,23,25,27-36H2,1-5H3/p+1/b10-8+,11-9+,14-12+,17-15+,18-16+,22-20+,26-24+. The normalized spacial score (nSPS) is 14.1. The van der Waals surface area contributed by atoms with Crippen LogP contribution in [0.15, 0.2) is 85.1 Å². The molecule has 8 nitrogen and oxygen atoms in total. The summed E-state index contributed by atoms with van der Waals surface area (Å²) in [6, 6.07) is -0.632. The van der Waals surface area contributed by atoms with E-state index in [9.17, 15) is 19.5 Å². The van der Waals surface area contributed by atoms with E-state index >= 15 is 0 Å². The van der Waals surface area contributed by atoms with E-state index < -0.39 is 18.1 Å². The van der Waals surface area contributed by atoms with E-state index in [2.05, 4.69) is 44.2 Å². The van der Waals surface area contributed by atoms with Crippen molar-refractivity contribution in [1.29, 1.82) is 0 Å². The second-order valence-electron chi connectivity index (χ2n) is 12.8. The number of carbonyl (C=O) groups is 3. The van der Waals surface area contributed by atoms with E-state index in [0.717, 1.165) is 64.2 Å². The molecule has 0 radical (unpaired) electrons. The maximum absolute atomic E-state index is 12.6. The van der Waals surface area contributed by atoms with Crippen LogP contribution in [0, 0.1) is 0 Å². The van der Waals surface area contributed by atoms with Crippen LogP contribution in [0.25, 0.3) is 0 Å². The van der Waals surface area contributed by atoms with Crippen LogP contribution in [-0.4, -0.2) is 80.6 Å². The van der Waals surface area contributed by atoms with Gasteiger partial charge in [0.25, 0.3) is 0 Å². The van der Waals surface area contributed by atoms with Crippen molar-refractivity contribution in [2.75, 3.05) is 41.0 Å². The third kappa shape index (κ3) is 30.3. The van der Waals surface area contributed by atoms with Gasteiger partial charge in [0, 0.05) is 19.3 Å². The van der Waals surface area contributed by atoms with Gasteiger partial charge in [0.05, 0.1) is 34.4 Å². The van der Waals surface area contributed by atoms with Crippen molar-refractivity contribution in [1.82, 2.24) is 0 Å². The molecule has 0 bridgehead atoms. The summed E-state index contributed by atoms with van der Waals surface area (Å²) in [4.78, 5) is 36.7. The summed E-state index contributed by atoms with van der Waals surface area (Å²) in [5.41, 5.74) is 0. The van der Waals surface area contributed by atoms with Crippen molar-refractivity contribution in [3.05, 3.63) is 85.1 Å². The van der Waals surface area contributed by atoms with Gasteiger partial charge in [-0.15, -0.1) is 0 Å². The topological polar surface area (TPSA) is 99.1 Å². The van der Waals surface area contributed by atoms with Crippen molar-refractivity contribution in [2.45, 2.75) is 116 Å².